The van der Waals surface area contributed by atoms with Crippen LogP contribution < -0.4 is 20.4 Å². The zero-order chi connectivity index (χ0) is 19.1. The van der Waals surface area contributed by atoms with Crippen molar-refractivity contribution in [3.05, 3.63) is 41.4 Å². The standard InChI is InChI=1S/C20H30N6S/c1-4-21-20(23-15-16-7-10-22-18(14-16)25(2)3)24-17-8-11-26(12-9-17)19-6-5-13-27-19/h5-7,10,13-14,17H,4,8-9,11-12,15H2,1-3H3,(H2,21,23,24). The van der Waals surface area contributed by atoms with E-state index in [2.05, 4.69) is 51.0 Å². The Morgan fingerprint density at radius 2 is 2.15 bits per heavy atom. The van der Waals surface area contributed by atoms with Crippen LogP contribution in [0.3, 0.4) is 0 Å². The number of hydrogen-bond acceptors (Lipinski definition) is 5. The minimum Gasteiger partial charge on any atom is -0.363 e. The second-order valence-corrected chi connectivity index (χ2v) is 7.89. The summed E-state index contributed by atoms with van der Waals surface area (Å²) in [6.45, 7) is 5.79. The van der Waals surface area contributed by atoms with Gasteiger partial charge in [-0.05, 0) is 55.0 Å². The van der Waals surface area contributed by atoms with Gasteiger partial charge in [0.05, 0.1) is 11.5 Å². The molecule has 0 bridgehead atoms. The third-order valence-electron chi connectivity index (χ3n) is 4.69. The van der Waals surface area contributed by atoms with Crippen LogP contribution in [0.25, 0.3) is 0 Å². The Bertz CT molecular complexity index is 720. The van der Waals surface area contributed by atoms with Crippen molar-refractivity contribution in [2.75, 3.05) is 43.5 Å². The van der Waals surface area contributed by atoms with Crippen LogP contribution >= 0.6 is 11.3 Å². The molecule has 0 spiro atoms. The first-order valence-electron chi connectivity index (χ1n) is 9.61. The molecule has 0 saturated carbocycles. The molecule has 3 rings (SSSR count). The monoisotopic (exact) mass is 386 g/mol. The van der Waals surface area contributed by atoms with Gasteiger partial charge in [0.15, 0.2) is 5.96 Å². The Kier molecular flexibility index (Phi) is 6.92. The van der Waals surface area contributed by atoms with Crippen LogP contribution in [0.4, 0.5) is 10.8 Å². The fourth-order valence-corrected chi connectivity index (χ4v) is 3.97. The molecule has 3 heterocycles. The first kappa shape index (κ1) is 19.5. The molecule has 0 aromatic carbocycles. The molecule has 0 atom stereocenters. The maximum Gasteiger partial charge on any atom is 0.191 e. The van der Waals surface area contributed by atoms with E-state index in [0.717, 1.165) is 44.3 Å². The zero-order valence-corrected chi connectivity index (χ0v) is 17.3. The number of piperidine rings is 1. The van der Waals surface area contributed by atoms with Gasteiger partial charge >= 0.3 is 0 Å². The van der Waals surface area contributed by atoms with Crippen LogP contribution in [-0.4, -0.2) is 50.7 Å². The Morgan fingerprint density at radius 1 is 1.33 bits per heavy atom. The van der Waals surface area contributed by atoms with Crippen LogP contribution in [0.5, 0.6) is 0 Å². The number of aliphatic imine (C=N–C) groups is 1. The average molecular weight is 387 g/mol. The molecule has 1 fully saturated rings. The minimum atomic E-state index is 0.466. The Labute approximate surface area is 166 Å². The van der Waals surface area contributed by atoms with Gasteiger partial charge < -0.3 is 20.4 Å². The van der Waals surface area contributed by atoms with E-state index in [1.165, 1.54) is 10.6 Å². The minimum absolute atomic E-state index is 0.466. The highest BCUT2D eigenvalue weighted by Crippen LogP contribution is 2.24. The molecule has 6 nitrogen and oxygen atoms in total. The summed E-state index contributed by atoms with van der Waals surface area (Å²) in [5, 5.41) is 10.5. The van der Waals surface area contributed by atoms with Gasteiger partial charge in [-0.25, -0.2) is 9.98 Å². The largest absolute Gasteiger partial charge is 0.363 e. The van der Waals surface area contributed by atoms with Crippen molar-refractivity contribution < 1.29 is 0 Å². The van der Waals surface area contributed by atoms with Gasteiger partial charge in [0.1, 0.15) is 5.82 Å². The second-order valence-electron chi connectivity index (χ2n) is 6.97. The molecule has 2 aromatic heterocycles. The van der Waals surface area contributed by atoms with Crippen molar-refractivity contribution in [2.45, 2.75) is 32.4 Å². The molecule has 2 N–H and O–H groups in total. The number of guanidine groups is 1. The summed E-state index contributed by atoms with van der Waals surface area (Å²) in [4.78, 5) is 13.6. The van der Waals surface area contributed by atoms with E-state index in [1.54, 1.807) is 0 Å². The normalized spacial score (nSPS) is 15.7. The van der Waals surface area contributed by atoms with E-state index in [1.807, 2.05) is 42.6 Å². The van der Waals surface area contributed by atoms with Crippen LogP contribution in [0.1, 0.15) is 25.3 Å². The van der Waals surface area contributed by atoms with Crippen molar-refractivity contribution in [3.8, 4) is 0 Å². The lowest BCUT2D eigenvalue weighted by atomic mass is 10.1. The highest BCUT2D eigenvalue weighted by atomic mass is 32.1. The van der Waals surface area contributed by atoms with Gasteiger partial charge in [-0.2, -0.15) is 0 Å². The number of nitrogens with zero attached hydrogens (tertiary/aromatic N) is 4. The summed E-state index contributed by atoms with van der Waals surface area (Å²) in [5.41, 5.74) is 1.17. The van der Waals surface area contributed by atoms with Gasteiger partial charge in [-0.3, -0.25) is 0 Å². The summed E-state index contributed by atoms with van der Waals surface area (Å²) in [6, 6.07) is 8.92. The number of rotatable bonds is 6. The van der Waals surface area contributed by atoms with E-state index in [0.29, 0.717) is 12.6 Å². The fraction of sp³-hybridized carbons (Fsp3) is 0.500. The van der Waals surface area contributed by atoms with Crippen molar-refractivity contribution in [1.82, 2.24) is 15.6 Å². The summed E-state index contributed by atoms with van der Waals surface area (Å²) >= 11 is 1.82. The molecular weight excluding hydrogens is 356 g/mol. The zero-order valence-electron chi connectivity index (χ0n) is 16.5. The van der Waals surface area contributed by atoms with Gasteiger partial charge in [-0.1, -0.05) is 0 Å². The molecular formula is C20H30N6S. The predicted molar refractivity (Wildman–Crippen MR) is 116 cm³/mol. The summed E-state index contributed by atoms with van der Waals surface area (Å²) in [7, 11) is 4.01. The molecule has 7 heteroatoms. The SMILES string of the molecule is CCNC(=NCc1ccnc(N(C)C)c1)NC1CCN(c2cccs2)CC1. The lowest BCUT2D eigenvalue weighted by molar-refractivity contribution is 0.463. The van der Waals surface area contributed by atoms with Crippen LogP contribution in [0.2, 0.25) is 0 Å². The molecule has 0 radical (unpaired) electrons. The first-order valence-corrected chi connectivity index (χ1v) is 10.5. The third-order valence-corrected chi connectivity index (χ3v) is 5.61. The topological polar surface area (TPSA) is 55.8 Å². The lowest BCUT2D eigenvalue weighted by Gasteiger charge is -2.33. The Hall–Kier alpha value is -2.28. The quantitative estimate of drug-likeness (QED) is 0.591. The fourth-order valence-electron chi connectivity index (χ4n) is 3.18. The van der Waals surface area contributed by atoms with Crippen molar-refractivity contribution >= 4 is 28.1 Å². The second kappa shape index (κ2) is 9.60. The smallest absolute Gasteiger partial charge is 0.191 e. The van der Waals surface area contributed by atoms with Crippen molar-refractivity contribution in [1.29, 1.82) is 0 Å². The highest BCUT2D eigenvalue weighted by molar-refractivity contribution is 7.14. The van der Waals surface area contributed by atoms with Gasteiger partial charge in [-0.15, -0.1) is 11.3 Å². The van der Waals surface area contributed by atoms with E-state index >= 15 is 0 Å². The number of thiophene rings is 1. The molecule has 0 amide bonds. The molecule has 0 unspecified atom stereocenters. The molecule has 27 heavy (non-hydrogen) atoms. The average Bonchev–Trinajstić information content (AvgIpc) is 3.22. The van der Waals surface area contributed by atoms with Crippen molar-refractivity contribution in [2.24, 2.45) is 4.99 Å². The summed E-state index contributed by atoms with van der Waals surface area (Å²) in [6.07, 6.45) is 4.10. The van der Waals surface area contributed by atoms with E-state index in [-0.39, 0.29) is 0 Å². The molecule has 1 aliphatic heterocycles. The maximum absolute atomic E-state index is 4.78. The molecule has 1 saturated heterocycles. The van der Waals surface area contributed by atoms with Gasteiger partial charge in [0.2, 0.25) is 0 Å². The number of pyridine rings is 1. The van der Waals surface area contributed by atoms with Crippen molar-refractivity contribution in [3.63, 3.8) is 0 Å². The molecule has 1 aliphatic rings. The highest BCUT2D eigenvalue weighted by Gasteiger charge is 2.20. The van der Waals surface area contributed by atoms with E-state index < -0.39 is 0 Å². The number of aromatic nitrogens is 1. The van der Waals surface area contributed by atoms with Crippen LogP contribution in [0.15, 0.2) is 40.8 Å². The molecule has 2 aromatic rings. The summed E-state index contributed by atoms with van der Waals surface area (Å²) in [5.74, 6) is 1.86. The summed E-state index contributed by atoms with van der Waals surface area (Å²) < 4.78 is 0. The third kappa shape index (κ3) is 5.60. The van der Waals surface area contributed by atoms with Gasteiger partial charge in [0.25, 0.3) is 0 Å². The predicted octanol–water partition coefficient (Wildman–Crippen LogP) is 2.93. The van der Waals surface area contributed by atoms with Gasteiger partial charge in [0, 0.05) is 46.0 Å². The first-order chi connectivity index (χ1) is 13.2. The van der Waals surface area contributed by atoms with E-state index in [4.69, 9.17) is 4.99 Å². The maximum atomic E-state index is 4.78. The molecule has 146 valence electrons. The number of anilines is 2. The Morgan fingerprint density at radius 3 is 2.81 bits per heavy atom. The van der Waals surface area contributed by atoms with E-state index in [9.17, 15) is 0 Å². The number of nitrogens with one attached hydrogen (secondary N) is 2. The van der Waals surface area contributed by atoms with Crippen LogP contribution in [-0.2, 0) is 6.54 Å². The Balaban J connectivity index is 1.56. The number of hydrogen-bond donors (Lipinski definition) is 2. The lowest BCUT2D eigenvalue weighted by Crippen LogP contribution is -2.48. The molecule has 0 aliphatic carbocycles. The van der Waals surface area contributed by atoms with Crippen LogP contribution in [0, 0.1) is 0 Å².